The number of aliphatic hydroxyl groups is 1. The van der Waals surface area contributed by atoms with E-state index in [1.807, 2.05) is 29.9 Å². The predicted octanol–water partition coefficient (Wildman–Crippen LogP) is 2.25. The van der Waals surface area contributed by atoms with Crippen LogP contribution in [0.5, 0.6) is 0 Å². The minimum Gasteiger partial charge on any atom is -0.391 e. The number of nitrogens with one attached hydrogen (secondary N) is 1. The second kappa shape index (κ2) is 7.40. The zero-order valence-corrected chi connectivity index (χ0v) is 15.2. The van der Waals surface area contributed by atoms with Crippen LogP contribution in [0.3, 0.4) is 0 Å². The van der Waals surface area contributed by atoms with Crippen LogP contribution in [0.4, 0.5) is 0 Å². The summed E-state index contributed by atoms with van der Waals surface area (Å²) >= 11 is 0. The fourth-order valence-corrected chi connectivity index (χ4v) is 3.90. The first-order chi connectivity index (χ1) is 12.0. The van der Waals surface area contributed by atoms with Crippen LogP contribution in [0, 0.1) is 0 Å². The van der Waals surface area contributed by atoms with Crippen LogP contribution in [0.1, 0.15) is 54.4 Å². The molecule has 3 rings (SSSR count). The number of carbonyl (C=O) groups is 1. The Morgan fingerprint density at radius 2 is 2.08 bits per heavy atom. The molecule has 5 nitrogen and oxygen atoms in total. The molecule has 0 radical (unpaired) electrons. The molecule has 2 N–H and O–H groups in total. The number of amides is 1. The molecule has 1 aliphatic rings. The van der Waals surface area contributed by atoms with Gasteiger partial charge in [0.1, 0.15) is 0 Å². The monoisotopic (exact) mass is 341 g/mol. The van der Waals surface area contributed by atoms with Crippen molar-refractivity contribution in [2.75, 3.05) is 0 Å². The molecule has 0 aliphatic heterocycles. The maximum absolute atomic E-state index is 12.7. The van der Waals surface area contributed by atoms with E-state index in [0.29, 0.717) is 12.8 Å². The first kappa shape index (κ1) is 17.7. The van der Waals surface area contributed by atoms with Crippen molar-refractivity contribution in [1.82, 2.24) is 15.1 Å². The lowest BCUT2D eigenvalue weighted by atomic mass is 9.85. The molecule has 5 heteroatoms. The molecule has 1 heterocycles. The molecule has 0 spiro atoms. The molecule has 0 unspecified atom stereocenters. The van der Waals surface area contributed by atoms with Gasteiger partial charge >= 0.3 is 0 Å². The van der Waals surface area contributed by atoms with Gasteiger partial charge in [-0.1, -0.05) is 38.1 Å². The maximum Gasteiger partial charge on any atom is 0.225 e. The van der Waals surface area contributed by atoms with Gasteiger partial charge in [0.15, 0.2) is 0 Å². The Balaban J connectivity index is 1.80. The van der Waals surface area contributed by atoms with Crippen LogP contribution >= 0.6 is 0 Å². The highest BCUT2D eigenvalue weighted by Gasteiger charge is 2.29. The summed E-state index contributed by atoms with van der Waals surface area (Å²) in [5.41, 5.74) is 5.37. The molecule has 134 valence electrons. The van der Waals surface area contributed by atoms with Crippen LogP contribution in [-0.4, -0.2) is 26.9 Å². The lowest BCUT2D eigenvalue weighted by molar-refractivity contribution is -0.122. The van der Waals surface area contributed by atoms with E-state index in [1.54, 1.807) is 0 Å². The van der Waals surface area contributed by atoms with Crippen molar-refractivity contribution in [2.24, 2.45) is 7.05 Å². The molecule has 2 aromatic rings. The summed E-state index contributed by atoms with van der Waals surface area (Å²) in [5, 5.41) is 18.0. The summed E-state index contributed by atoms with van der Waals surface area (Å²) in [6.45, 7) is 4.14. The highest BCUT2D eigenvalue weighted by atomic mass is 16.3. The number of aromatic nitrogens is 2. The van der Waals surface area contributed by atoms with Gasteiger partial charge in [-0.3, -0.25) is 9.48 Å². The average Bonchev–Trinajstić information content (AvgIpc) is 2.92. The maximum atomic E-state index is 12.7. The first-order valence-corrected chi connectivity index (χ1v) is 9.14. The van der Waals surface area contributed by atoms with Crippen LogP contribution in [0.2, 0.25) is 0 Å². The number of nitrogens with zero attached hydrogens (tertiary/aromatic N) is 2. The van der Waals surface area contributed by atoms with Gasteiger partial charge in [0, 0.05) is 18.3 Å². The van der Waals surface area contributed by atoms with E-state index >= 15 is 0 Å². The summed E-state index contributed by atoms with van der Waals surface area (Å²) in [4.78, 5) is 12.7. The highest BCUT2D eigenvalue weighted by Crippen LogP contribution is 2.30. The molecule has 25 heavy (non-hydrogen) atoms. The molecule has 1 aromatic heterocycles. The smallest absolute Gasteiger partial charge is 0.225 e. The number of carbonyl (C=O) groups excluding carboxylic acids is 1. The van der Waals surface area contributed by atoms with Gasteiger partial charge in [-0.2, -0.15) is 5.10 Å². The summed E-state index contributed by atoms with van der Waals surface area (Å²) in [6.07, 6.45) is 2.96. The van der Waals surface area contributed by atoms with Gasteiger partial charge in [0.05, 0.1) is 24.3 Å². The van der Waals surface area contributed by atoms with Crippen molar-refractivity contribution in [3.05, 3.63) is 52.3 Å². The normalized spacial score (nSPS) is 19.5. The molecule has 2 atom stereocenters. The average molecular weight is 341 g/mol. The number of hydrogen-bond donors (Lipinski definition) is 2. The Morgan fingerprint density at radius 3 is 2.80 bits per heavy atom. The van der Waals surface area contributed by atoms with E-state index in [-0.39, 0.29) is 11.9 Å². The van der Waals surface area contributed by atoms with E-state index < -0.39 is 6.10 Å². The minimum absolute atomic E-state index is 0.0573. The van der Waals surface area contributed by atoms with Crippen molar-refractivity contribution < 1.29 is 9.90 Å². The predicted molar refractivity (Wildman–Crippen MR) is 97.3 cm³/mol. The molecule has 0 saturated heterocycles. The van der Waals surface area contributed by atoms with Gasteiger partial charge in [0.25, 0.3) is 0 Å². The quantitative estimate of drug-likeness (QED) is 0.876. The van der Waals surface area contributed by atoms with Gasteiger partial charge in [-0.15, -0.1) is 0 Å². The molecular formula is C20H27N3O2. The lowest BCUT2D eigenvalue weighted by Crippen LogP contribution is -2.40. The number of aliphatic hydroxyl groups excluding tert-OH is 1. The fraction of sp³-hybridized carbons (Fsp3) is 0.500. The van der Waals surface area contributed by atoms with Crippen LogP contribution in [0.25, 0.3) is 0 Å². The van der Waals surface area contributed by atoms with E-state index in [1.165, 1.54) is 5.56 Å². The summed E-state index contributed by atoms with van der Waals surface area (Å²) in [6, 6.07) is 7.71. The second-order valence-electron chi connectivity index (χ2n) is 6.73. The van der Waals surface area contributed by atoms with Crippen LogP contribution in [0.15, 0.2) is 24.3 Å². The van der Waals surface area contributed by atoms with Crippen molar-refractivity contribution in [2.45, 2.75) is 58.1 Å². The Bertz CT molecular complexity index is 766. The number of benzene rings is 1. The third-order valence-electron chi connectivity index (χ3n) is 5.17. The van der Waals surface area contributed by atoms with E-state index in [0.717, 1.165) is 41.8 Å². The SMILES string of the molecule is CCc1nn(C)c(CC)c1CC(=O)N[C@@H]1c2ccccc2CC[C@@H]1O. The molecule has 1 aliphatic carbocycles. The molecule has 1 aromatic carbocycles. The van der Waals surface area contributed by atoms with Crippen LogP contribution in [-0.2, 0) is 37.5 Å². The van der Waals surface area contributed by atoms with Crippen LogP contribution < -0.4 is 5.32 Å². The largest absolute Gasteiger partial charge is 0.391 e. The highest BCUT2D eigenvalue weighted by molar-refractivity contribution is 5.79. The van der Waals surface area contributed by atoms with Gasteiger partial charge in [-0.05, 0) is 36.8 Å². The third kappa shape index (κ3) is 3.47. The second-order valence-corrected chi connectivity index (χ2v) is 6.73. The molecule has 1 amide bonds. The number of aryl methyl sites for hydroxylation is 3. The zero-order chi connectivity index (χ0) is 18.0. The summed E-state index contributed by atoms with van der Waals surface area (Å²) in [7, 11) is 1.93. The van der Waals surface area contributed by atoms with Crippen molar-refractivity contribution in [3.8, 4) is 0 Å². The van der Waals surface area contributed by atoms with Crippen molar-refractivity contribution in [3.63, 3.8) is 0 Å². The Morgan fingerprint density at radius 1 is 1.32 bits per heavy atom. The van der Waals surface area contributed by atoms with E-state index in [2.05, 4.69) is 30.3 Å². The summed E-state index contributed by atoms with van der Waals surface area (Å²) < 4.78 is 1.88. The fourth-order valence-electron chi connectivity index (χ4n) is 3.90. The molecule has 0 bridgehead atoms. The van der Waals surface area contributed by atoms with E-state index in [4.69, 9.17) is 0 Å². The number of hydrogen-bond acceptors (Lipinski definition) is 3. The Labute approximate surface area is 149 Å². The van der Waals surface area contributed by atoms with Crippen molar-refractivity contribution >= 4 is 5.91 Å². The molecule has 0 saturated carbocycles. The summed E-state index contributed by atoms with van der Waals surface area (Å²) in [5.74, 6) is -0.0573. The Kier molecular flexibility index (Phi) is 5.23. The minimum atomic E-state index is -0.538. The van der Waals surface area contributed by atoms with Gasteiger partial charge in [0.2, 0.25) is 5.91 Å². The zero-order valence-electron chi connectivity index (χ0n) is 15.2. The van der Waals surface area contributed by atoms with Gasteiger partial charge in [-0.25, -0.2) is 0 Å². The van der Waals surface area contributed by atoms with Crippen molar-refractivity contribution in [1.29, 1.82) is 0 Å². The number of fused-ring (bicyclic) bond motifs is 1. The number of rotatable bonds is 5. The molecule has 0 fully saturated rings. The van der Waals surface area contributed by atoms with E-state index in [9.17, 15) is 9.90 Å². The third-order valence-corrected chi connectivity index (χ3v) is 5.17. The molecular weight excluding hydrogens is 314 g/mol. The lowest BCUT2D eigenvalue weighted by Gasteiger charge is -2.31. The first-order valence-electron chi connectivity index (χ1n) is 9.14. The standard InChI is InChI=1S/C20H27N3O2/c1-4-16-15(17(5-2)23(3)22-16)12-19(25)21-20-14-9-7-6-8-13(14)10-11-18(20)24/h6-9,18,20,24H,4-5,10-12H2,1-3H3,(H,21,25)/t18-,20+/m0/s1. The Hall–Kier alpha value is -2.14. The van der Waals surface area contributed by atoms with Gasteiger partial charge < -0.3 is 10.4 Å². The topological polar surface area (TPSA) is 67.2 Å².